The van der Waals surface area contributed by atoms with E-state index < -0.39 is 12.1 Å². The summed E-state index contributed by atoms with van der Waals surface area (Å²) in [6.45, 7) is 1.91. The number of aromatic nitrogens is 2. The molecule has 1 aromatic heterocycles. The van der Waals surface area contributed by atoms with Crippen LogP contribution in [0, 0.1) is 0 Å². The third-order valence-corrected chi connectivity index (χ3v) is 2.65. The van der Waals surface area contributed by atoms with Crippen LogP contribution >= 0.6 is 11.6 Å². The molecule has 1 atom stereocenters. The molecule has 2 aromatic rings. The maximum absolute atomic E-state index is 11.4. The van der Waals surface area contributed by atoms with Crippen molar-refractivity contribution in [3.8, 4) is 0 Å². The molecule has 1 aromatic carbocycles. The number of nitrogens with one attached hydrogen (secondary N) is 1. The molecule has 0 aliphatic rings. The Bertz CT molecular complexity index is 553. The minimum absolute atomic E-state index is 0.229. The monoisotopic (exact) mass is 254 g/mol. The van der Waals surface area contributed by atoms with Crippen LogP contribution in [0.15, 0.2) is 18.2 Å². The molecule has 6 heteroatoms. The highest BCUT2D eigenvalue weighted by molar-refractivity contribution is 6.34. The first-order valence-electron chi connectivity index (χ1n) is 5.11. The van der Waals surface area contributed by atoms with E-state index in [9.17, 15) is 9.90 Å². The lowest BCUT2D eigenvalue weighted by Crippen LogP contribution is -2.15. The smallest absolute Gasteiger partial charge is 0.339 e. The van der Waals surface area contributed by atoms with Crippen molar-refractivity contribution in [2.45, 2.75) is 13.0 Å². The number of hydrogen-bond acceptors (Lipinski definition) is 4. The number of aliphatic hydroxyl groups excluding tert-OH is 1. The van der Waals surface area contributed by atoms with Gasteiger partial charge in [-0.2, -0.15) is 5.10 Å². The van der Waals surface area contributed by atoms with E-state index in [1.165, 1.54) is 0 Å². The zero-order chi connectivity index (χ0) is 12.4. The number of aromatic amines is 1. The van der Waals surface area contributed by atoms with E-state index in [0.717, 1.165) is 5.39 Å². The van der Waals surface area contributed by atoms with E-state index in [2.05, 4.69) is 10.2 Å². The first-order chi connectivity index (χ1) is 8.13. The van der Waals surface area contributed by atoms with Crippen molar-refractivity contribution < 1.29 is 14.6 Å². The quantitative estimate of drug-likeness (QED) is 0.819. The van der Waals surface area contributed by atoms with Crippen molar-refractivity contribution in [3.63, 3.8) is 0 Å². The molecule has 90 valence electrons. The predicted octanol–water partition coefficient (Wildman–Crippen LogP) is 1.81. The fourth-order valence-electron chi connectivity index (χ4n) is 1.52. The molecule has 0 aliphatic carbocycles. The molecule has 0 amide bonds. The number of halogens is 1. The lowest BCUT2D eigenvalue weighted by molar-refractivity contribution is -0.153. The van der Waals surface area contributed by atoms with E-state index >= 15 is 0 Å². The van der Waals surface area contributed by atoms with Gasteiger partial charge in [0.1, 0.15) is 5.15 Å². The Morgan fingerprint density at radius 2 is 2.41 bits per heavy atom. The normalized spacial score (nSPS) is 12.6. The number of hydrogen-bond donors (Lipinski definition) is 2. The molecule has 0 bridgehead atoms. The number of fused-ring (bicyclic) bond motifs is 1. The second-order valence-electron chi connectivity index (χ2n) is 3.47. The Hall–Kier alpha value is -1.59. The summed E-state index contributed by atoms with van der Waals surface area (Å²) in [7, 11) is 0. The largest absolute Gasteiger partial charge is 0.464 e. The molecular weight excluding hydrogens is 244 g/mol. The molecular formula is C11H11ClN2O3. The SMILES string of the molecule is CCOC(=O)C(O)c1ccc2c(Cl)[nH]nc2c1. The molecule has 0 aliphatic heterocycles. The van der Waals surface area contributed by atoms with Gasteiger partial charge in [-0.15, -0.1) is 0 Å². The van der Waals surface area contributed by atoms with Crippen LogP contribution in [0.3, 0.4) is 0 Å². The summed E-state index contributed by atoms with van der Waals surface area (Å²) in [5.74, 6) is -0.673. The summed E-state index contributed by atoms with van der Waals surface area (Å²) in [6, 6.07) is 4.91. The number of carbonyl (C=O) groups excluding carboxylic acids is 1. The van der Waals surface area contributed by atoms with Gasteiger partial charge in [0.2, 0.25) is 0 Å². The highest BCUT2D eigenvalue weighted by Gasteiger charge is 2.19. The van der Waals surface area contributed by atoms with Crippen LogP contribution in [-0.2, 0) is 9.53 Å². The number of benzene rings is 1. The first kappa shape index (κ1) is 11.9. The van der Waals surface area contributed by atoms with Crippen LogP contribution in [0.1, 0.15) is 18.6 Å². The second-order valence-corrected chi connectivity index (χ2v) is 3.85. The summed E-state index contributed by atoms with van der Waals surface area (Å²) in [5, 5.41) is 17.5. The van der Waals surface area contributed by atoms with Crippen LogP contribution in [0.5, 0.6) is 0 Å². The van der Waals surface area contributed by atoms with Crippen LogP contribution in [0.25, 0.3) is 10.9 Å². The van der Waals surface area contributed by atoms with E-state index in [1.807, 2.05) is 0 Å². The number of ether oxygens (including phenoxy) is 1. The summed E-state index contributed by atoms with van der Waals surface area (Å²) in [4.78, 5) is 11.4. The topological polar surface area (TPSA) is 75.2 Å². The molecule has 2 rings (SSSR count). The van der Waals surface area contributed by atoms with Gasteiger partial charge in [0.25, 0.3) is 0 Å². The molecule has 0 spiro atoms. The van der Waals surface area contributed by atoms with Gasteiger partial charge in [0.05, 0.1) is 12.1 Å². The highest BCUT2D eigenvalue weighted by Crippen LogP contribution is 2.24. The number of rotatable bonds is 3. The molecule has 2 N–H and O–H groups in total. The molecule has 0 fully saturated rings. The number of esters is 1. The number of H-pyrrole nitrogens is 1. The molecule has 5 nitrogen and oxygen atoms in total. The van der Waals surface area contributed by atoms with Crippen LogP contribution in [0.2, 0.25) is 5.15 Å². The maximum atomic E-state index is 11.4. The standard InChI is InChI=1S/C11H11ClN2O3/c1-2-17-11(16)9(15)6-3-4-7-8(5-6)13-14-10(7)12/h3-5,9,15H,2H2,1H3,(H,13,14). The summed E-state index contributed by atoms with van der Waals surface area (Å²) >= 11 is 5.84. The third kappa shape index (κ3) is 2.25. The van der Waals surface area contributed by atoms with Crippen molar-refractivity contribution >= 4 is 28.5 Å². The van der Waals surface area contributed by atoms with Gasteiger partial charge in [0.15, 0.2) is 6.10 Å². The number of aliphatic hydroxyl groups is 1. The molecule has 1 unspecified atom stereocenters. The van der Waals surface area contributed by atoms with Crippen LogP contribution in [0.4, 0.5) is 0 Å². The van der Waals surface area contributed by atoms with Crippen molar-refractivity contribution in [2.24, 2.45) is 0 Å². The third-order valence-electron chi connectivity index (χ3n) is 2.36. The van der Waals surface area contributed by atoms with E-state index in [0.29, 0.717) is 16.2 Å². The van der Waals surface area contributed by atoms with E-state index in [1.54, 1.807) is 25.1 Å². The summed E-state index contributed by atoms with van der Waals surface area (Å²) < 4.78 is 4.73. The minimum Gasteiger partial charge on any atom is -0.464 e. The Labute approximate surface area is 102 Å². The van der Waals surface area contributed by atoms with E-state index in [-0.39, 0.29) is 6.61 Å². The molecule has 0 saturated carbocycles. The molecule has 17 heavy (non-hydrogen) atoms. The lowest BCUT2D eigenvalue weighted by Gasteiger charge is -2.09. The van der Waals surface area contributed by atoms with Gasteiger partial charge in [-0.3, -0.25) is 5.10 Å². The average Bonchev–Trinajstić information content (AvgIpc) is 2.70. The first-order valence-corrected chi connectivity index (χ1v) is 5.49. The Morgan fingerprint density at radius 3 is 3.12 bits per heavy atom. The molecule has 0 saturated heterocycles. The number of nitrogens with zero attached hydrogens (tertiary/aromatic N) is 1. The second kappa shape index (κ2) is 4.73. The van der Waals surface area contributed by atoms with Crippen LogP contribution < -0.4 is 0 Å². The highest BCUT2D eigenvalue weighted by atomic mass is 35.5. The van der Waals surface area contributed by atoms with Gasteiger partial charge in [-0.25, -0.2) is 4.79 Å². The van der Waals surface area contributed by atoms with Crippen molar-refractivity contribution in [3.05, 3.63) is 28.9 Å². The average molecular weight is 255 g/mol. The molecule has 1 heterocycles. The summed E-state index contributed by atoms with van der Waals surface area (Å²) in [6.07, 6.45) is -1.30. The fraction of sp³-hybridized carbons (Fsp3) is 0.273. The lowest BCUT2D eigenvalue weighted by atomic mass is 10.1. The van der Waals surface area contributed by atoms with Gasteiger partial charge < -0.3 is 9.84 Å². The maximum Gasteiger partial charge on any atom is 0.339 e. The van der Waals surface area contributed by atoms with E-state index in [4.69, 9.17) is 16.3 Å². The summed E-state index contributed by atoms with van der Waals surface area (Å²) in [5.41, 5.74) is 1.02. The van der Waals surface area contributed by atoms with Gasteiger partial charge >= 0.3 is 5.97 Å². The zero-order valence-electron chi connectivity index (χ0n) is 9.11. The number of carbonyl (C=O) groups is 1. The Morgan fingerprint density at radius 1 is 1.65 bits per heavy atom. The minimum atomic E-state index is -1.30. The van der Waals surface area contributed by atoms with Gasteiger partial charge in [-0.05, 0) is 24.6 Å². The van der Waals surface area contributed by atoms with Crippen molar-refractivity contribution in [2.75, 3.05) is 6.61 Å². The molecule has 0 radical (unpaired) electrons. The van der Waals surface area contributed by atoms with Gasteiger partial charge in [0, 0.05) is 5.39 Å². The Balaban J connectivity index is 2.33. The van der Waals surface area contributed by atoms with Gasteiger partial charge in [-0.1, -0.05) is 17.7 Å². The van der Waals surface area contributed by atoms with Crippen molar-refractivity contribution in [1.82, 2.24) is 10.2 Å². The Kier molecular flexibility index (Phi) is 3.31. The predicted molar refractivity (Wildman–Crippen MR) is 62.7 cm³/mol. The fourth-order valence-corrected chi connectivity index (χ4v) is 1.73. The van der Waals surface area contributed by atoms with Crippen LogP contribution in [-0.4, -0.2) is 27.9 Å². The zero-order valence-corrected chi connectivity index (χ0v) is 9.86. The van der Waals surface area contributed by atoms with Crippen molar-refractivity contribution in [1.29, 1.82) is 0 Å².